The van der Waals surface area contributed by atoms with Gasteiger partial charge in [0.25, 0.3) is 0 Å². The van der Waals surface area contributed by atoms with Crippen molar-refractivity contribution in [3.63, 3.8) is 0 Å². The average molecular weight is 285 g/mol. The summed E-state index contributed by atoms with van der Waals surface area (Å²) in [4.78, 5) is 13.9. The third-order valence-electron chi connectivity index (χ3n) is 4.06. The summed E-state index contributed by atoms with van der Waals surface area (Å²) in [5.74, 6) is 1.81. The molecule has 0 fully saturated rings. The molecule has 2 heterocycles. The van der Waals surface area contributed by atoms with Crippen LogP contribution in [0.4, 0.5) is 5.82 Å². The number of aryl methyl sites for hydroxylation is 2. The molecule has 0 amide bonds. The summed E-state index contributed by atoms with van der Waals surface area (Å²) in [5.41, 5.74) is 3.54. The topological polar surface area (TPSA) is 55.6 Å². The maximum atomic E-state index is 4.86. The smallest absolute Gasteiger partial charge is 0.180 e. The van der Waals surface area contributed by atoms with E-state index in [1.807, 2.05) is 12.5 Å². The van der Waals surface area contributed by atoms with Crippen LogP contribution in [0.15, 0.2) is 12.5 Å². The number of nitrogens with zero attached hydrogens (tertiary/aromatic N) is 4. The molecule has 1 aliphatic carbocycles. The number of hydrogen-bond donors (Lipinski definition) is 1. The van der Waals surface area contributed by atoms with Crippen LogP contribution < -0.4 is 5.32 Å². The fourth-order valence-electron chi connectivity index (χ4n) is 2.96. The molecule has 0 saturated heterocycles. The van der Waals surface area contributed by atoms with Crippen LogP contribution in [0.25, 0.3) is 11.5 Å². The lowest BCUT2D eigenvalue weighted by Gasteiger charge is -2.14. The first kappa shape index (κ1) is 14.0. The Morgan fingerprint density at radius 3 is 2.81 bits per heavy atom. The van der Waals surface area contributed by atoms with E-state index in [0.29, 0.717) is 0 Å². The van der Waals surface area contributed by atoms with Crippen LogP contribution in [0.2, 0.25) is 0 Å². The van der Waals surface area contributed by atoms with Crippen LogP contribution >= 0.6 is 0 Å². The van der Waals surface area contributed by atoms with Crippen molar-refractivity contribution in [1.29, 1.82) is 0 Å². The molecule has 2 aromatic heterocycles. The van der Waals surface area contributed by atoms with E-state index in [4.69, 9.17) is 9.97 Å². The van der Waals surface area contributed by atoms with Crippen LogP contribution in [0.5, 0.6) is 0 Å². The highest BCUT2D eigenvalue weighted by atomic mass is 15.1. The Labute approximate surface area is 125 Å². The molecule has 0 unspecified atom stereocenters. The molecule has 5 heteroatoms. The van der Waals surface area contributed by atoms with E-state index in [0.717, 1.165) is 43.3 Å². The van der Waals surface area contributed by atoms with Crippen molar-refractivity contribution in [2.45, 2.75) is 52.5 Å². The molecular weight excluding hydrogens is 262 g/mol. The average Bonchev–Trinajstić information content (AvgIpc) is 2.85. The number of fused-ring (bicyclic) bond motifs is 1. The number of aromatic nitrogens is 4. The quantitative estimate of drug-likeness (QED) is 0.877. The first-order valence-corrected chi connectivity index (χ1v) is 7.97. The van der Waals surface area contributed by atoms with Gasteiger partial charge in [-0.15, -0.1) is 0 Å². The third-order valence-corrected chi connectivity index (χ3v) is 4.06. The highest BCUT2D eigenvalue weighted by molar-refractivity contribution is 5.57. The number of anilines is 1. The molecule has 112 valence electrons. The van der Waals surface area contributed by atoms with Gasteiger partial charge >= 0.3 is 0 Å². The molecule has 21 heavy (non-hydrogen) atoms. The summed E-state index contributed by atoms with van der Waals surface area (Å²) in [6.07, 6.45) is 9.59. The van der Waals surface area contributed by atoms with E-state index in [9.17, 15) is 0 Å². The summed E-state index contributed by atoms with van der Waals surface area (Å²) in [5, 5.41) is 3.42. The lowest BCUT2D eigenvalue weighted by atomic mass is 10.1. The van der Waals surface area contributed by atoms with E-state index in [1.165, 1.54) is 30.5 Å². The maximum Gasteiger partial charge on any atom is 0.180 e. The predicted molar refractivity (Wildman–Crippen MR) is 84.3 cm³/mol. The Balaban J connectivity index is 2.10. The first-order valence-electron chi connectivity index (χ1n) is 7.97. The highest BCUT2D eigenvalue weighted by Crippen LogP contribution is 2.27. The Kier molecular flexibility index (Phi) is 4.18. The summed E-state index contributed by atoms with van der Waals surface area (Å²) in [6.45, 7) is 5.99. The van der Waals surface area contributed by atoms with Gasteiger partial charge in [0.15, 0.2) is 5.82 Å². The molecule has 5 nitrogen and oxygen atoms in total. The van der Waals surface area contributed by atoms with E-state index >= 15 is 0 Å². The number of rotatable bonds is 4. The van der Waals surface area contributed by atoms with Crippen LogP contribution in [0.3, 0.4) is 0 Å². The summed E-state index contributed by atoms with van der Waals surface area (Å²) < 4.78 is 2.09. The third kappa shape index (κ3) is 2.77. The van der Waals surface area contributed by atoms with Crippen LogP contribution in [0, 0.1) is 0 Å². The molecule has 0 radical (unpaired) electrons. The molecule has 1 N–H and O–H groups in total. The van der Waals surface area contributed by atoms with Crippen molar-refractivity contribution in [3.8, 4) is 11.5 Å². The number of imidazole rings is 1. The second-order valence-corrected chi connectivity index (χ2v) is 5.48. The fraction of sp³-hybridized carbons (Fsp3) is 0.562. The standard InChI is InChI=1S/C16H23N5/c1-3-18-15-12-8-6-5-7-9-13(12)19-16(20-15)14-10-17-11-21(14)4-2/h10-11H,3-9H2,1-2H3,(H,18,19,20). The van der Waals surface area contributed by atoms with Crippen molar-refractivity contribution in [3.05, 3.63) is 23.8 Å². The fourth-order valence-corrected chi connectivity index (χ4v) is 2.96. The molecule has 0 atom stereocenters. The van der Waals surface area contributed by atoms with Gasteiger partial charge in [0.2, 0.25) is 0 Å². The van der Waals surface area contributed by atoms with Crippen molar-refractivity contribution in [2.75, 3.05) is 11.9 Å². The van der Waals surface area contributed by atoms with E-state index < -0.39 is 0 Å². The molecule has 0 bridgehead atoms. The number of nitrogens with one attached hydrogen (secondary N) is 1. The zero-order valence-corrected chi connectivity index (χ0v) is 12.9. The second kappa shape index (κ2) is 6.24. The van der Waals surface area contributed by atoms with Crippen LogP contribution in [0.1, 0.15) is 44.4 Å². The second-order valence-electron chi connectivity index (χ2n) is 5.48. The van der Waals surface area contributed by atoms with Gasteiger partial charge in [-0.3, -0.25) is 0 Å². The van der Waals surface area contributed by atoms with Gasteiger partial charge in [-0.05, 0) is 39.5 Å². The van der Waals surface area contributed by atoms with Crippen molar-refractivity contribution in [1.82, 2.24) is 19.5 Å². The minimum absolute atomic E-state index is 0.797. The molecule has 0 spiro atoms. The van der Waals surface area contributed by atoms with Crippen molar-refractivity contribution in [2.24, 2.45) is 0 Å². The molecule has 0 saturated carbocycles. The maximum absolute atomic E-state index is 4.86. The summed E-state index contributed by atoms with van der Waals surface area (Å²) in [6, 6.07) is 0. The van der Waals surface area contributed by atoms with Gasteiger partial charge in [0.05, 0.1) is 12.5 Å². The Morgan fingerprint density at radius 1 is 1.14 bits per heavy atom. The van der Waals surface area contributed by atoms with Gasteiger partial charge in [-0.2, -0.15) is 0 Å². The van der Waals surface area contributed by atoms with Crippen molar-refractivity contribution >= 4 is 5.82 Å². The Bertz CT molecular complexity index is 617. The van der Waals surface area contributed by atoms with Crippen molar-refractivity contribution < 1.29 is 0 Å². The first-order chi connectivity index (χ1) is 10.3. The molecule has 0 aliphatic heterocycles. The van der Waals surface area contributed by atoms with Gasteiger partial charge in [-0.1, -0.05) is 6.42 Å². The highest BCUT2D eigenvalue weighted by Gasteiger charge is 2.18. The molecular formula is C16H23N5. The largest absolute Gasteiger partial charge is 0.370 e. The number of hydrogen-bond acceptors (Lipinski definition) is 4. The monoisotopic (exact) mass is 285 g/mol. The van der Waals surface area contributed by atoms with Gasteiger partial charge in [-0.25, -0.2) is 15.0 Å². The summed E-state index contributed by atoms with van der Waals surface area (Å²) >= 11 is 0. The van der Waals surface area contributed by atoms with E-state index in [-0.39, 0.29) is 0 Å². The lowest BCUT2D eigenvalue weighted by molar-refractivity contribution is 0.708. The zero-order valence-electron chi connectivity index (χ0n) is 12.9. The Hall–Kier alpha value is -1.91. The van der Waals surface area contributed by atoms with Gasteiger partial charge in [0, 0.05) is 24.3 Å². The predicted octanol–water partition coefficient (Wildman–Crippen LogP) is 3.06. The van der Waals surface area contributed by atoms with Gasteiger partial charge in [0.1, 0.15) is 11.5 Å². The van der Waals surface area contributed by atoms with Gasteiger partial charge < -0.3 is 9.88 Å². The molecule has 3 rings (SSSR count). The molecule has 2 aromatic rings. The minimum Gasteiger partial charge on any atom is -0.370 e. The summed E-state index contributed by atoms with van der Waals surface area (Å²) in [7, 11) is 0. The van der Waals surface area contributed by atoms with E-state index in [1.54, 1.807) is 0 Å². The minimum atomic E-state index is 0.797. The van der Waals surface area contributed by atoms with E-state index in [2.05, 4.69) is 28.7 Å². The SMILES string of the molecule is CCNc1nc(-c2cncn2CC)nc2c1CCCCC2. The molecule has 0 aromatic carbocycles. The molecule has 1 aliphatic rings. The van der Waals surface area contributed by atoms with Crippen LogP contribution in [-0.2, 0) is 19.4 Å². The zero-order chi connectivity index (χ0) is 14.7. The van der Waals surface area contributed by atoms with Crippen LogP contribution in [-0.4, -0.2) is 26.1 Å². The lowest BCUT2D eigenvalue weighted by Crippen LogP contribution is -2.10. The Morgan fingerprint density at radius 2 is 2.00 bits per heavy atom. The normalized spacial score (nSPS) is 14.6.